The number of amides is 1. The van der Waals surface area contributed by atoms with Crippen molar-refractivity contribution >= 4 is 11.7 Å². The molecule has 7 nitrogen and oxygen atoms in total. The molecule has 1 amide bonds. The number of likely N-dealkylation sites (tertiary alicyclic amines) is 1. The third-order valence-corrected chi connectivity index (χ3v) is 4.98. The van der Waals surface area contributed by atoms with Crippen molar-refractivity contribution < 1.29 is 22.4 Å². The molecule has 31 heavy (non-hydrogen) atoms. The van der Waals surface area contributed by atoms with Crippen LogP contribution in [0.15, 0.2) is 48.9 Å². The number of aromatic nitrogens is 4. The van der Waals surface area contributed by atoms with Crippen LogP contribution < -0.4 is 5.32 Å². The standard InChI is InChI=1S/C20H18F4N6O/c21-14-4-5-16(17(10-14)30-26-7-8-27-30)19(31)29-9-1-2-15(12-29)28-18-6-3-13(11-25-18)20(22,23)24/h3-8,10-11,15H,1-2,9,12H2,(H,25,28). The summed E-state index contributed by atoms with van der Waals surface area (Å²) >= 11 is 0. The van der Waals surface area contributed by atoms with E-state index >= 15 is 0 Å². The van der Waals surface area contributed by atoms with Crippen LogP contribution in [-0.2, 0) is 6.18 Å². The number of anilines is 1. The number of nitrogens with one attached hydrogen (secondary N) is 1. The Kier molecular flexibility index (Phi) is 5.57. The fraction of sp³-hybridized carbons (Fsp3) is 0.300. The van der Waals surface area contributed by atoms with Crippen LogP contribution in [0.1, 0.15) is 28.8 Å². The number of hydrogen-bond donors (Lipinski definition) is 1. The molecule has 0 aliphatic carbocycles. The number of alkyl halides is 3. The molecule has 4 rings (SSSR count). The molecule has 0 bridgehead atoms. The monoisotopic (exact) mass is 434 g/mol. The molecule has 0 spiro atoms. The minimum atomic E-state index is -4.45. The molecule has 1 atom stereocenters. The molecule has 1 saturated heterocycles. The van der Waals surface area contributed by atoms with E-state index in [4.69, 9.17) is 0 Å². The van der Waals surface area contributed by atoms with E-state index < -0.39 is 17.6 Å². The molecular formula is C20H18F4N6O. The molecule has 3 aromatic rings. The second-order valence-corrected chi connectivity index (χ2v) is 7.14. The van der Waals surface area contributed by atoms with Gasteiger partial charge in [-0.1, -0.05) is 0 Å². The van der Waals surface area contributed by atoms with Gasteiger partial charge in [0.2, 0.25) is 0 Å². The van der Waals surface area contributed by atoms with Crippen LogP contribution in [0.3, 0.4) is 0 Å². The maximum Gasteiger partial charge on any atom is 0.417 e. The third kappa shape index (κ3) is 4.65. The minimum absolute atomic E-state index is 0.186. The summed E-state index contributed by atoms with van der Waals surface area (Å²) in [5, 5.41) is 11.0. The highest BCUT2D eigenvalue weighted by Gasteiger charge is 2.31. The lowest BCUT2D eigenvalue weighted by Crippen LogP contribution is -2.45. The first-order valence-electron chi connectivity index (χ1n) is 9.56. The van der Waals surface area contributed by atoms with Gasteiger partial charge in [0.15, 0.2) is 0 Å². The Bertz CT molecular complexity index is 1050. The number of hydrogen-bond acceptors (Lipinski definition) is 5. The van der Waals surface area contributed by atoms with Gasteiger partial charge in [-0.15, -0.1) is 0 Å². The zero-order chi connectivity index (χ0) is 22.0. The first-order chi connectivity index (χ1) is 14.8. The number of rotatable bonds is 4. The lowest BCUT2D eigenvalue weighted by atomic mass is 10.0. The zero-order valence-corrected chi connectivity index (χ0v) is 16.2. The van der Waals surface area contributed by atoms with Crippen molar-refractivity contribution in [2.75, 3.05) is 18.4 Å². The van der Waals surface area contributed by atoms with Crippen molar-refractivity contribution in [2.45, 2.75) is 25.1 Å². The first kappa shape index (κ1) is 20.8. The second-order valence-electron chi connectivity index (χ2n) is 7.14. The second kappa shape index (κ2) is 8.32. The molecule has 11 heteroatoms. The summed E-state index contributed by atoms with van der Waals surface area (Å²) in [6.45, 7) is 0.825. The number of pyridine rings is 1. The average molecular weight is 434 g/mol. The largest absolute Gasteiger partial charge is 0.417 e. The van der Waals surface area contributed by atoms with Crippen LogP contribution in [-0.4, -0.2) is 49.9 Å². The molecule has 2 aromatic heterocycles. The van der Waals surface area contributed by atoms with Crippen LogP contribution in [0, 0.1) is 5.82 Å². The lowest BCUT2D eigenvalue weighted by Gasteiger charge is -2.33. The number of nitrogens with zero attached hydrogens (tertiary/aromatic N) is 5. The Morgan fingerprint density at radius 2 is 1.90 bits per heavy atom. The van der Waals surface area contributed by atoms with E-state index in [1.807, 2.05) is 0 Å². The summed E-state index contributed by atoms with van der Waals surface area (Å²) in [7, 11) is 0. The van der Waals surface area contributed by atoms with Crippen LogP contribution in [0.2, 0.25) is 0 Å². The van der Waals surface area contributed by atoms with Gasteiger partial charge in [-0.2, -0.15) is 28.2 Å². The van der Waals surface area contributed by atoms with Gasteiger partial charge in [-0.05, 0) is 37.1 Å². The highest BCUT2D eigenvalue weighted by Crippen LogP contribution is 2.29. The molecule has 1 N–H and O–H groups in total. The molecule has 1 unspecified atom stereocenters. The SMILES string of the molecule is O=C(c1ccc(F)cc1-n1nccn1)N1CCCC(Nc2ccc(C(F)(F)F)cn2)C1. The number of carbonyl (C=O) groups excluding carboxylic acids is 1. The zero-order valence-electron chi connectivity index (χ0n) is 16.2. The lowest BCUT2D eigenvalue weighted by molar-refractivity contribution is -0.137. The van der Waals surface area contributed by atoms with Gasteiger partial charge in [0.25, 0.3) is 5.91 Å². The maximum atomic E-state index is 13.8. The molecule has 1 aliphatic heterocycles. The fourth-order valence-electron chi connectivity index (χ4n) is 3.50. The molecule has 1 fully saturated rings. The van der Waals surface area contributed by atoms with Crippen LogP contribution in [0.4, 0.5) is 23.4 Å². The van der Waals surface area contributed by atoms with Gasteiger partial charge in [-0.3, -0.25) is 4.79 Å². The van der Waals surface area contributed by atoms with E-state index in [1.54, 1.807) is 4.90 Å². The summed E-state index contributed by atoms with van der Waals surface area (Å²) in [6, 6.07) is 5.83. The van der Waals surface area contributed by atoms with E-state index in [-0.39, 0.29) is 23.2 Å². The average Bonchev–Trinajstić information content (AvgIpc) is 3.28. The van der Waals surface area contributed by atoms with Crippen LogP contribution >= 0.6 is 0 Å². The van der Waals surface area contributed by atoms with Crippen molar-refractivity contribution in [2.24, 2.45) is 0 Å². The summed E-state index contributed by atoms with van der Waals surface area (Å²) in [6.07, 6.45) is 0.601. The van der Waals surface area contributed by atoms with Crippen molar-refractivity contribution in [1.29, 1.82) is 0 Å². The third-order valence-electron chi connectivity index (χ3n) is 4.98. The summed E-state index contributed by atoms with van der Waals surface area (Å²) < 4.78 is 51.9. The smallest absolute Gasteiger partial charge is 0.366 e. The van der Waals surface area contributed by atoms with E-state index in [1.165, 1.54) is 41.5 Å². The Balaban J connectivity index is 1.49. The Morgan fingerprint density at radius 3 is 2.58 bits per heavy atom. The maximum absolute atomic E-state index is 13.8. The molecule has 3 heterocycles. The van der Waals surface area contributed by atoms with Gasteiger partial charge < -0.3 is 10.2 Å². The van der Waals surface area contributed by atoms with Crippen LogP contribution in [0.5, 0.6) is 0 Å². The van der Waals surface area contributed by atoms with E-state index in [2.05, 4.69) is 20.5 Å². The Hall–Kier alpha value is -3.50. The highest BCUT2D eigenvalue weighted by atomic mass is 19.4. The number of benzene rings is 1. The Morgan fingerprint density at radius 1 is 1.13 bits per heavy atom. The predicted molar refractivity (Wildman–Crippen MR) is 103 cm³/mol. The molecule has 0 radical (unpaired) electrons. The number of piperidine rings is 1. The van der Waals surface area contributed by atoms with E-state index in [9.17, 15) is 22.4 Å². The Labute approximate surface area is 174 Å². The fourth-order valence-corrected chi connectivity index (χ4v) is 3.50. The van der Waals surface area contributed by atoms with Gasteiger partial charge in [0.1, 0.15) is 17.3 Å². The van der Waals surface area contributed by atoms with Gasteiger partial charge in [0.05, 0.1) is 23.5 Å². The van der Waals surface area contributed by atoms with Crippen molar-refractivity contribution in [3.05, 3.63) is 65.9 Å². The van der Waals surface area contributed by atoms with Gasteiger partial charge in [-0.25, -0.2) is 9.37 Å². The van der Waals surface area contributed by atoms with Gasteiger partial charge in [0, 0.05) is 31.4 Å². The highest BCUT2D eigenvalue weighted by molar-refractivity contribution is 5.97. The molecule has 162 valence electrons. The molecule has 1 aromatic carbocycles. The summed E-state index contributed by atoms with van der Waals surface area (Å²) in [5.41, 5.74) is -0.338. The number of carbonyl (C=O) groups is 1. The topological polar surface area (TPSA) is 75.9 Å². The van der Waals surface area contributed by atoms with E-state index in [0.717, 1.165) is 18.7 Å². The van der Waals surface area contributed by atoms with Crippen LogP contribution in [0.25, 0.3) is 5.69 Å². The van der Waals surface area contributed by atoms with Crippen molar-refractivity contribution in [1.82, 2.24) is 24.9 Å². The van der Waals surface area contributed by atoms with Gasteiger partial charge >= 0.3 is 6.18 Å². The molecule has 0 saturated carbocycles. The van der Waals surface area contributed by atoms with Crippen molar-refractivity contribution in [3.8, 4) is 5.69 Å². The number of halogens is 4. The first-order valence-corrected chi connectivity index (χ1v) is 9.56. The molecule has 1 aliphatic rings. The summed E-state index contributed by atoms with van der Waals surface area (Å²) in [4.78, 5) is 19.8. The quantitative estimate of drug-likeness (QED) is 0.636. The molecular weight excluding hydrogens is 416 g/mol. The van der Waals surface area contributed by atoms with E-state index in [0.29, 0.717) is 25.3 Å². The minimum Gasteiger partial charge on any atom is -0.366 e. The summed E-state index contributed by atoms with van der Waals surface area (Å²) in [5.74, 6) is -0.523. The van der Waals surface area contributed by atoms with Crippen molar-refractivity contribution in [3.63, 3.8) is 0 Å². The predicted octanol–water partition coefficient (Wildman–Crippen LogP) is 3.54. The normalized spacial score (nSPS) is 16.9.